The van der Waals surface area contributed by atoms with Gasteiger partial charge in [-0.1, -0.05) is 18.2 Å². The molecule has 0 saturated carbocycles. The summed E-state index contributed by atoms with van der Waals surface area (Å²) in [6.45, 7) is 0.992. The number of ether oxygens (including phenoxy) is 1. The molecule has 0 unspecified atom stereocenters. The van der Waals surface area contributed by atoms with Crippen molar-refractivity contribution in [1.82, 2.24) is 0 Å². The van der Waals surface area contributed by atoms with Crippen molar-refractivity contribution in [3.8, 4) is 5.75 Å². The molecule has 0 bridgehead atoms. The molecule has 1 heterocycles. The fraction of sp³-hybridized carbons (Fsp3) is 0.200. The first-order valence-corrected chi connectivity index (χ1v) is 6.08. The van der Waals surface area contributed by atoms with E-state index in [1.54, 1.807) is 7.11 Å². The Kier molecular flexibility index (Phi) is 2.59. The van der Waals surface area contributed by atoms with E-state index in [1.165, 1.54) is 11.3 Å². The van der Waals surface area contributed by atoms with Crippen LogP contribution in [0.15, 0.2) is 42.5 Å². The van der Waals surface area contributed by atoms with E-state index in [4.69, 9.17) is 10.5 Å². The Hall–Kier alpha value is -2.16. The Bertz CT molecular complexity index is 580. The molecule has 0 atom stereocenters. The molecule has 0 spiro atoms. The van der Waals surface area contributed by atoms with E-state index >= 15 is 0 Å². The molecule has 0 saturated heterocycles. The summed E-state index contributed by atoms with van der Waals surface area (Å²) >= 11 is 0. The lowest BCUT2D eigenvalue weighted by Crippen LogP contribution is -2.13. The molecular formula is C15H16N2O. The lowest BCUT2D eigenvalue weighted by atomic mass is 10.2. The van der Waals surface area contributed by atoms with E-state index in [-0.39, 0.29) is 0 Å². The first kappa shape index (κ1) is 11.0. The Morgan fingerprint density at radius 3 is 2.83 bits per heavy atom. The molecule has 1 aliphatic heterocycles. The molecule has 1 aliphatic rings. The first-order chi connectivity index (χ1) is 8.78. The summed E-state index contributed by atoms with van der Waals surface area (Å²) in [6.07, 6.45) is 1.08. The highest BCUT2D eigenvalue weighted by atomic mass is 16.5. The minimum atomic E-state index is 0.730. The van der Waals surface area contributed by atoms with E-state index < -0.39 is 0 Å². The van der Waals surface area contributed by atoms with Crippen LogP contribution in [0.1, 0.15) is 5.56 Å². The quantitative estimate of drug-likeness (QED) is 0.820. The molecule has 0 aliphatic carbocycles. The predicted molar refractivity (Wildman–Crippen MR) is 74.6 cm³/mol. The maximum Gasteiger partial charge on any atom is 0.122 e. The Morgan fingerprint density at radius 1 is 1.17 bits per heavy atom. The van der Waals surface area contributed by atoms with E-state index in [2.05, 4.69) is 29.2 Å². The minimum absolute atomic E-state index is 0.730. The number of nitrogens with two attached hydrogens (primary N) is 1. The number of benzene rings is 2. The number of anilines is 3. The van der Waals surface area contributed by atoms with Crippen LogP contribution in [0.3, 0.4) is 0 Å². The van der Waals surface area contributed by atoms with Gasteiger partial charge in [0.1, 0.15) is 5.75 Å². The maximum absolute atomic E-state index is 5.92. The molecule has 0 fully saturated rings. The molecule has 0 radical (unpaired) electrons. The highest BCUT2D eigenvalue weighted by molar-refractivity contribution is 5.73. The van der Waals surface area contributed by atoms with Crippen molar-refractivity contribution < 1.29 is 4.74 Å². The molecule has 3 heteroatoms. The van der Waals surface area contributed by atoms with Crippen molar-refractivity contribution in [1.29, 1.82) is 0 Å². The van der Waals surface area contributed by atoms with Crippen molar-refractivity contribution in [2.24, 2.45) is 0 Å². The number of hydrogen-bond acceptors (Lipinski definition) is 3. The number of nitrogens with zero attached hydrogens (tertiary/aromatic N) is 1. The van der Waals surface area contributed by atoms with Crippen molar-refractivity contribution in [2.75, 3.05) is 24.3 Å². The average Bonchev–Trinajstić information content (AvgIpc) is 2.81. The molecule has 92 valence electrons. The van der Waals surface area contributed by atoms with Crippen LogP contribution in [0.25, 0.3) is 0 Å². The number of nitrogen functional groups attached to an aromatic ring is 1. The second-order valence-corrected chi connectivity index (χ2v) is 4.49. The van der Waals surface area contributed by atoms with E-state index in [1.807, 2.05) is 18.2 Å². The van der Waals surface area contributed by atoms with Crippen LogP contribution in [0.2, 0.25) is 0 Å². The Balaban J connectivity index is 2.04. The van der Waals surface area contributed by atoms with Crippen LogP contribution in [0, 0.1) is 0 Å². The molecule has 2 N–H and O–H groups in total. The Morgan fingerprint density at radius 2 is 2.00 bits per heavy atom. The van der Waals surface area contributed by atoms with Crippen LogP contribution in [-0.4, -0.2) is 13.7 Å². The monoisotopic (exact) mass is 240 g/mol. The molecule has 0 amide bonds. The zero-order chi connectivity index (χ0) is 12.5. The summed E-state index contributed by atoms with van der Waals surface area (Å²) in [5, 5.41) is 0. The third-order valence-corrected chi connectivity index (χ3v) is 3.35. The van der Waals surface area contributed by atoms with E-state index in [9.17, 15) is 0 Å². The highest BCUT2D eigenvalue weighted by Gasteiger charge is 2.20. The second kappa shape index (κ2) is 4.26. The summed E-state index contributed by atoms with van der Waals surface area (Å²) in [5.41, 5.74) is 10.4. The number of fused-ring (bicyclic) bond motifs is 1. The topological polar surface area (TPSA) is 38.5 Å². The molecule has 0 aromatic heterocycles. The van der Waals surface area contributed by atoms with Crippen molar-refractivity contribution in [3.05, 3.63) is 48.0 Å². The van der Waals surface area contributed by atoms with E-state index in [0.29, 0.717) is 0 Å². The first-order valence-electron chi connectivity index (χ1n) is 6.08. The highest BCUT2D eigenvalue weighted by Crippen LogP contribution is 2.36. The van der Waals surface area contributed by atoms with Crippen LogP contribution in [-0.2, 0) is 6.42 Å². The number of methoxy groups -OCH3 is 1. The third-order valence-electron chi connectivity index (χ3n) is 3.35. The van der Waals surface area contributed by atoms with Crippen molar-refractivity contribution in [3.63, 3.8) is 0 Å². The van der Waals surface area contributed by atoms with Crippen LogP contribution < -0.4 is 15.4 Å². The van der Waals surface area contributed by atoms with Crippen molar-refractivity contribution in [2.45, 2.75) is 6.42 Å². The van der Waals surface area contributed by atoms with Crippen LogP contribution in [0.4, 0.5) is 17.1 Å². The lowest BCUT2D eigenvalue weighted by molar-refractivity contribution is 0.415. The summed E-state index contributed by atoms with van der Waals surface area (Å²) in [5.74, 6) is 0.800. The van der Waals surface area contributed by atoms with Crippen LogP contribution >= 0.6 is 0 Å². The van der Waals surface area contributed by atoms with Gasteiger partial charge in [-0.25, -0.2) is 0 Å². The van der Waals surface area contributed by atoms with Gasteiger partial charge in [-0.05, 0) is 24.1 Å². The van der Waals surface area contributed by atoms with Gasteiger partial charge in [0.05, 0.1) is 7.11 Å². The largest absolute Gasteiger partial charge is 0.497 e. The summed E-state index contributed by atoms with van der Waals surface area (Å²) < 4.78 is 5.28. The maximum atomic E-state index is 5.92. The zero-order valence-electron chi connectivity index (χ0n) is 10.4. The van der Waals surface area contributed by atoms with Gasteiger partial charge in [-0.2, -0.15) is 0 Å². The average molecular weight is 240 g/mol. The Labute approximate surface area is 107 Å². The van der Waals surface area contributed by atoms with Crippen LogP contribution in [0.5, 0.6) is 5.75 Å². The lowest BCUT2D eigenvalue weighted by Gasteiger charge is -2.20. The fourth-order valence-corrected chi connectivity index (χ4v) is 2.49. The molecule has 3 rings (SSSR count). The minimum Gasteiger partial charge on any atom is -0.497 e. The normalized spacial score (nSPS) is 13.5. The van der Waals surface area contributed by atoms with Gasteiger partial charge in [0, 0.05) is 35.7 Å². The third kappa shape index (κ3) is 1.78. The standard InChI is InChI=1S/C15H16N2O/c1-18-14-9-12(16)8-13(10-14)17-7-6-11-4-2-3-5-15(11)17/h2-5,8-10H,6-7,16H2,1H3. The smallest absolute Gasteiger partial charge is 0.122 e. The molecule has 2 aromatic carbocycles. The molecule has 3 nitrogen and oxygen atoms in total. The van der Waals surface area contributed by atoms with Gasteiger partial charge in [0.15, 0.2) is 0 Å². The predicted octanol–water partition coefficient (Wildman–Crippen LogP) is 2.97. The van der Waals surface area contributed by atoms with Gasteiger partial charge in [-0.15, -0.1) is 0 Å². The van der Waals surface area contributed by atoms with Gasteiger partial charge < -0.3 is 15.4 Å². The number of hydrogen-bond donors (Lipinski definition) is 1. The number of rotatable bonds is 2. The van der Waals surface area contributed by atoms with Gasteiger partial charge >= 0.3 is 0 Å². The molecule has 18 heavy (non-hydrogen) atoms. The van der Waals surface area contributed by atoms with Gasteiger partial charge in [0.2, 0.25) is 0 Å². The van der Waals surface area contributed by atoms with Gasteiger partial charge in [-0.3, -0.25) is 0 Å². The SMILES string of the molecule is COc1cc(N)cc(N2CCc3ccccc32)c1. The summed E-state index contributed by atoms with van der Waals surface area (Å²) in [7, 11) is 1.66. The second-order valence-electron chi connectivity index (χ2n) is 4.49. The van der Waals surface area contributed by atoms with Gasteiger partial charge in [0.25, 0.3) is 0 Å². The van der Waals surface area contributed by atoms with Crippen molar-refractivity contribution >= 4 is 17.1 Å². The molecule has 2 aromatic rings. The molecular weight excluding hydrogens is 224 g/mol. The fourth-order valence-electron chi connectivity index (χ4n) is 2.49. The van der Waals surface area contributed by atoms with E-state index in [0.717, 1.165) is 30.1 Å². The summed E-state index contributed by atoms with van der Waals surface area (Å²) in [4.78, 5) is 2.29. The number of para-hydroxylation sites is 1. The zero-order valence-corrected chi connectivity index (χ0v) is 10.4. The summed E-state index contributed by atoms with van der Waals surface area (Å²) in [6, 6.07) is 14.3.